The van der Waals surface area contributed by atoms with E-state index >= 15 is 0 Å². The van der Waals surface area contributed by atoms with Gasteiger partial charge < -0.3 is 10.5 Å². The number of hydrogen-bond donors (Lipinski definition) is 1. The van der Waals surface area contributed by atoms with E-state index in [4.69, 9.17) is 15.5 Å². The highest BCUT2D eigenvalue weighted by Gasteiger charge is 2.50. The van der Waals surface area contributed by atoms with Gasteiger partial charge in [-0.05, 0) is 80.8 Å². The van der Waals surface area contributed by atoms with Gasteiger partial charge in [-0.2, -0.15) is 0 Å². The van der Waals surface area contributed by atoms with Gasteiger partial charge in [0, 0.05) is 24.5 Å². The number of rotatable bonds is 3. The number of hydrogen-bond acceptors (Lipinski definition) is 5. The fourth-order valence-corrected chi connectivity index (χ4v) is 7.46. The zero-order chi connectivity index (χ0) is 19.5. The van der Waals surface area contributed by atoms with Gasteiger partial charge in [0.25, 0.3) is 0 Å². The number of para-hydroxylation sites is 1. The van der Waals surface area contributed by atoms with Crippen LogP contribution >= 0.6 is 0 Å². The third-order valence-electron chi connectivity index (χ3n) is 8.47. The predicted molar refractivity (Wildman–Crippen MR) is 114 cm³/mol. The summed E-state index contributed by atoms with van der Waals surface area (Å²) in [4.78, 5) is 12.1. The Kier molecular flexibility index (Phi) is 4.31. The lowest BCUT2D eigenvalue weighted by molar-refractivity contribution is -0.102. The molecule has 4 aliphatic carbocycles. The molecule has 7 rings (SSSR count). The van der Waals surface area contributed by atoms with E-state index in [0.29, 0.717) is 11.9 Å². The third-order valence-corrected chi connectivity index (χ3v) is 8.47. The number of ether oxygens (including phenoxy) is 1. The number of nitrogen functional groups attached to an aromatic ring is 1. The molecule has 5 heteroatoms. The van der Waals surface area contributed by atoms with Crippen LogP contribution in [0.15, 0.2) is 24.3 Å². The van der Waals surface area contributed by atoms with Crippen LogP contribution in [-0.4, -0.2) is 40.6 Å². The lowest BCUT2D eigenvalue weighted by Crippen LogP contribution is -2.55. The van der Waals surface area contributed by atoms with Crippen molar-refractivity contribution in [3.05, 3.63) is 30.1 Å². The van der Waals surface area contributed by atoms with Crippen molar-refractivity contribution >= 4 is 16.7 Å². The SMILES string of the molecule is CC(C1C2CC3CC(C2)CC1C3)N1CCOC(c2nc(N)c3ccccc3n2)C1. The van der Waals surface area contributed by atoms with Crippen molar-refractivity contribution in [2.24, 2.45) is 29.6 Å². The van der Waals surface area contributed by atoms with Crippen LogP contribution in [0.3, 0.4) is 0 Å². The van der Waals surface area contributed by atoms with Crippen molar-refractivity contribution in [2.45, 2.75) is 51.2 Å². The van der Waals surface area contributed by atoms with Crippen LogP contribution in [0, 0.1) is 29.6 Å². The molecular formula is C24H32N4O. The van der Waals surface area contributed by atoms with Gasteiger partial charge in [0.2, 0.25) is 0 Å². The molecule has 2 atom stereocenters. The van der Waals surface area contributed by atoms with Crippen LogP contribution in [0.2, 0.25) is 0 Å². The lowest BCUT2D eigenvalue weighted by atomic mass is 9.50. The summed E-state index contributed by atoms with van der Waals surface area (Å²) < 4.78 is 6.13. The van der Waals surface area contributed by atoms with Crippen molar-refractivity contribution in [2.75, 3.05) is 25.4 Å². The van der Waals surface area contributed by atoms with Crippen molar-refractivity contribution in [3.8, 4) is 0 Å². The average Bonchev–Trinajstić information content (AvgIpc) is 2.73. The molecule has 2 N–H and O–H groups in total. The van der Waals surface area contributed by atoms with Gasteiger partial charge in [0.05, 0.1) is 12.1 Å². The summed E-state index contributed by atoms with van der Waals surface area (Å²) in [6.45, 7) is 5.12. The van der Waals surface area contributed by atoms with Gasteiger partial charge in [-0.1, -0.05) is 12.1 Å². The van der Waals surface area contributed by atoms with Crippen LogP contribution in [0.1, 0.15) is 51.0 Å². The highest BCUT2D eigenvalue weighted by Crippen LogP contribution is 2.57. The Morgan fingerprint density at radius 1 is 1.03 bits per heavy atom. The van der Waals surface area contributed by atoms with E-state index in [9.17, 15) is 0 Å². The summed E-state index contributed by atoms with van der Waals surface area (Å²) in [7, 11) is 0. The molecule has 0 amide bonds. The molecule has 0 spiro atoms. The van der Waals surface area contributed by atoms with Gasteiger partial charge >= 0.3 is 0 Å². The van der Waals surface area contributed by atoms with Gasteiger partial charge in [-0.3, -0.25) is 4.90 Å². The first-order valence-electron chi connectivity index (χ1n) is 11.5. The summed E-state index contributed by atoms with van der Waals surface area (Å²) in [5.41, 5.74) is 7.14. The Morgan fingerprint density at radius 3 is 2.52 bits per heavy atom. The normalized spacial score (nSPS) is 37.8. The molecule has 1 aliphatic heterocycles. The molecule has 2 aromatic rings. The summed E-state index contributed by atoms with van der Waals surface area (Å²) in [6.07, 6.45) is 7.38. The number of anilines is 1. The van der Waals surface area contributed by atoms with Gasteiger partial charge in [0.1, 0.15) is 11.9 Å². The van der Waals surface area contributed by atoms with E-state index in [1.807, 2.05) is 24.3 Å². The van der Waals surface area contributed by atoms with E-state index in [-0.39, 0.29) is 6.10 Å². The van der Waals surface area contributed by atoms with Crippen molar-refractivity contribution < 1.29 is 4.74 Å². The molecule has 29 heavy (non-hydrogen) atoms. The smallest absolute Gasteiger partial charge is 0.161 e. The van der Waals surface area contributed by atoms with Crippen molar-refractivity contribution in [3.63, 3.8) is 0 Å². The first-order valence-corrected chi connectivity index (χ1v) is 11.5. The monoisotopic (exact) mass is 392 g/mol. The topological polar surface area (TPSA) is 64.3 Å². The van der Waals surface area contributed by atoms with E-state index in [1.54, 1.807) is 0 Å². The summed E-state index contributed by atoms with van der Waals surface area (Å²) in [5.74, 6) is 6.14. The molecule has 0 radical (unpaired) electrons. The summed E-state index contributed by atoms with van der Waals surface area (Å²) >= 11 is 0. The molecule has 4 saturated carbocycles. The van der Waals surface area contributed by atoms with Crippen LogP contribution in [0.25, 0.3) is 10.9 Å². The predicted octanol–water partition coefficient (Wildman–Crippen LogP) is 4.05. The van der Waals surface area contributed by atoms with E-state index in [1.165, 1.54) is 32.1 Å². The average molecular weight is 393 g/mol. The number of morpholine rings is 1. The molecule has 1 aromatic carbocycles. The minimum Gasteiger partial charge on any atom is -0.383 e. The minimum atomic E-state index is -0.0880. The van der Waals surface area contributed by atoms with E-state index in [2.05, 4.69) is 16.8 Å². The fourth-order valence-electron chi connectivity index (χ4n) is 7.46. The summed E-state index contributed by atoms with van der Waals surface area (Å²) in [5, 5.41) is 0.922. The molecule has 4 bridgehead atoms. The molecule has 5 aliphatic rings. The van der Waals surface area contributed by atoms with Crippen LogP contribution < -0.4 is 5.73 Å². The second kappa shape index (κ2) is 6.92. The van der Waals surface area contributed by atoms with Crippen molar-refractivity contribution in [1.29, 1.82) is 0 Å². The first kappa shape index (κ1) is 18.1. The third kappa shape index (κ3) is 3.05. The zero-order valence-electron chi connectivity index (χ0n) is 17.3. The number of nitrogens with two attached hydrogens (primary N) is 1. The second-order valence-electron chi connectivity index (χ2n) is 10.1. The lowest BCUT2D eigenvalue weighted by Gasteiger charge is -2.57. The standard InChI is InChI=1S/C24H32N4O/c1-14(22-17-9-15-8-16(11-17)12-18(22)10-15)28-6-7-29-21(13-28)24-26-20-5-3-2-4-19(20)23(25)27-24/h2-5,14-18,21-22H,6-13H2,1H3,(H2,25,26,27). The number of benzene rings is 1. The fraction of sp³-hybridized carbons (Fsp3) is 0.667. The number of aromatic nitrogens is 2. The maximum Gasteiger partial charge on any atom is 0.161 e. The zero-order valence-corrected chi connectivity index (χ0v) is 17.3. The highest BCUT2D eigenvalue weighted by atomic mass is 16.5. The molecule has 154 valence electrons. The highest BCUT2D eigenvalue weighted by molar-refractivity contribution is 5.87. The Bertz CT molecular complexity index is 887. The largest absolute Gasteiger partial charge is 0.383 e. The molecule has 2 heterocycles. The molecule has 1 aromatic heterocycles. The van der Waals surface area contributed by atoms with Gasteiger partial charge in [-0.25, -0.2) is 9.97 Å². The molecule has 2 unspecified atom stereocenters. The molecule has 1 saturated heterocycles. The van der Waals surface area contributed by atoms with Crippen LogP contribution in [0.5, 0.6) is 0 Å². The van der Waals surface area contributed by atoms with E-state index < -0.39 is 0 Å². The molecular weight excluding hydrogens is 360 g/mol. The first-order chi connectivity index (χ1) is 14.2. The molecule has 5 nitrogen and oxygen atoms in total. The Hall–Kier alpha value is -1.72. The quantitative estimate of drug-likeness (QED) is 0.854. The maximum atomic E-state index is 6.23. The van der Waals surface area contributed by atoms with Gasteiger partial charge in [-0.15, -0.1) is 0 Å². The Labute approximate surface area is 173 Å². The minimum absolute atomic E-state index is 0.0880. The van der Waals surface area contributed by atoms with Gasteiger partial charge in [0.15, 0.2) is 5.82 Å². The van der Waals surface area contributed by atoms with Crippen LogP contribution in [-0.2, 0) is 4.74 Å². The Morgan fingerprint density at radius 2 is 1.76 bits per heavy atom. The van der Waals surface area contributed by atoms with Crippen molar-refractivity contribution in [1.82, 2.24) is 14.9 Å². The number of nitrogens with zero attached hydrogens (tertiary/aromatic N) is 3. The Balaban J connectivity index is 1.23. The number of fused-ring (bicyclic) bond motifs is 1. The van der Waals surface area contributed by atoms with Crippen LogP contribution in [0.4, 0.5) is 5.82 Å². The maximum absolute atomic E-state index is 6.23. The second-order valence-corrected chi connectivity index (χ2v) is 10.1. The molecule has 5 fully saturated rings. The van der Waals surface area contributed by atoms with E-state index in [0.717, 1.165) is 66.0 Å². The summed E-state index contributed by atoms with van der Waals surface area (Å²) in [6, 6.07) is 8.59.